The van der Waals surface area contributed by atoms with Gasteiger partial charge in [-0.25, -0.2) is 0 Å². The summed E-state index contributed by atoms with van der Waals surface area (Å²) in [6, 6.07) is 3.96. The number of benzene rings is 1. The molecule has 0 atom stereocenters. The molecule has 1 heterocycles. The van der Waals surface area contributed by atoms with Crippen LogP contribution in [0.15, 0.2) is 17.1 Å². The van der Waals surface area contributed by atoms with Crippen LogP contribution in [0.4, 0.5) is 0 Å². The fraction of sp³-hybridized carbons (Fsp3) is 0.429. The molecule has 1 aromatic carbocycles. The zero-order chi connectivity index (χ0) is 14.2. The molecule has 0 unspecified atom stereocenters. The number of aromatic nitrogens is 1. The predicted molar refractivity (Wildman–Crippen MR) is 77.5 cm³/mol. The Labute approximate surface area is 116 Å². The van der Waals surface area contributed by atoms with Crippen LogP contribution in [0.25, 0.3) is 10.2 Å². The van der Waals surface area contributed by atoms with Crippen LogP contribution < -0.4 is 9.54 Å². The first-order valence-corrected chi connectivity index (χ1v) is 6.99. The number of hydrogen-bond acceptors (Lipinski definition) is 3. The Morgan fingerprint density at radius 3 is 2.68 bits per heavy atom. The van der Waals surface area contributed by atoms with Gasteiger partial charge in [0.2, 0.25) is 0 Å². The minimum absolute atomic E-state index is 0.0896. The first-order chi connectivity index (χ1) is 8.95. The summed E-state index contributed by atoms with van der Waals surface area (Å²) in [6.45, 7) is 5.75. The molecule has 0 aliphatic rings. The molecule has 1 aromatic heterocycles. The maximum Gasteiger partial charge on any atom is 0.250 e. The van der Waals surface area contributed by atoms with Crippen molar-refractivity contribution in [2.75, 3.05) is 7.11 Å². The Balaban J connectivity index is 2.76. The zero-order valence-corrected chi connectivity index (χ0v) is 12.7. The second-order valence-corrected chi connectivity index (χ2v) is 5.79. The standard InChI is InChI=1S/C14H18N2O2S/c1-8(2)13(17)15-14-16(4)11-10(18-5)7-6-9(3)12(11)19-14/h6-8H,1-5H3. The summed E-state index contributed by atoms with van der Waals surface area (Å²) in [5.74, 6) is 0.616. The Hall–Kier alpha value is -1.62. The molecule has 0 saturated heterocycles. The average molecular weight is 278 g/mol. The van der Waals surface area contributed by atoms with Gasteiger partial charge < -0.3 is 9.30 Å². The number of carbonyl (C=O) groups is 1. The number of amides is 1. The highest BCUT2D eigenvalue weighted by Crippen LogP contribution is 2.29. The number of hydrogen-bond donors (Lipinski definition) is 0. The van der Waals surface area contributed by atoms with Gasteiger partial charge in [-0.05, 0) is 18.6 Å². The summed E-state index contributed by atoms with van der Waals surface area (Å²) in [5, 5.41) is 0. The summed E-state index contributed by atoms with van der Waals surface area (Å²) in [7, 11) is 3.56. The third-order valence-electron chi connectivity index (χ3n) is 3.03. The Morgan fingerprint density at radius 1 is 1.42 bits per heavy atom. The van der Waals surface area contributed by atoms with Crippen molar-refractivity contribution < 1.29 is 9.53 Å². The van der Waals surface area contributed by atoms with Crippen LogP contribution in [0.3, 0.4) is 0 Å². The van der Waals surface area contributed by atoms with Crippen molar-refractivity contribution in [1.82, 2.24) is 4.57 Å². The molecule has 0 aliphatic carbocycles. The first kappa shape index (κ1) is 13.8. The van der Waals surface area contributed by atoms with E-state index in [0.29, 0.717) is 4.80 Å². The highest BCUT2D eigenvalue weighted by molar-refractivity contribution is 7.16. The summed E-state index contributed by atoms with van der Waals surface area (Å²) >= 11 is 1.52. The molecular formula is C14H18N2O2S. The van der Waals surface area contributed by atoms with Gasteiger partial charge in [0, 0.05) is 13.0 Å². The third kappa shape index (κ3) is 2.42. The molecular weight excluding hydrogens is 260 g/mol. The molecule has 0 N–H and O–H groups in total. The van der Waals surface area contributed by atoms with Gasteiger partial charge in [0.1, 0.15) is 11.3 Å². The molecule has 19 heavy (non-hydrogen) atoms. The summed E-state index contributed by atoms with van der Waals surface area (Å²) < 4.78 is 8.42. The number of thiazole rings is 1. The zero-order valence-electron chi connectivity index (χ0n) is 11.9. The SMILES string of the molecule is COc1ccc(C)c2sc(=NC(=O)C(C)C)n(C)c12. The van der Waals surface area contributed by atoms with E-state index in [9.17, 15) is 4.79 Å². The maximum absolute atomic E-state index is 11.8. The second kappa shape index (κ2) is 5.17. The van der Waals surface area contributed by atoms with E-state index >= 15 is 0 Å². The molecule has 5 heteroatoms. The van der Waals surface area contributed by atoms with Crippen LogP contribution in [-0.2, 0) is 11.8 Å². The lowest BCUT2D eigenvalue weighted by Gasteiger charge is -2.05. The molecule has 0 bridgehead atoms. The predicted octanol–water partition coefficient (Wildman–Crippen LogP) is 2.64. The van der Waals surface area contributed by atoms with Crippen molar-refractivity contribution in [3.05, 3.63) is 22.5 Å². The number of aryl methyl sites for hydroxylation is 2. The number of ether oxygens (including phenoxy) is 1. The number of rotatable bonds is 2. The van der Waals surface area contributed by atoms with Gasteiger partial charge in [-0.2, -0.15) is 4.99 Å². The highest BCUT2D eigenvalue weighted by Gasteiger charge is 2.12. The Kier molecular flexibility index (Phi) is 3.75. The molecule has 0 saturated carbocycles. The van der Waals surface area contributed by atoms with E-state index in [1.54, 1.807) is 7.11 Å². The fourth-order valence-electron chi connectivity index (χ4n) is 1.84. The smallest absolute Gasteiger partial charge is 0.250 e. The van der Waals surface area contributed by atoms with Crippen LogP contribution in [-0.4, -0.2) is 17.6 Å². The van der Waals surface area contributed by atoms with Gasteiger partial charge in [-0.15, -0.1) is 0 Å². The monoisotopic (exact) mass is 278 g/mol. The minimum atomic E-state index is -0.0984. The number of fused-ring (bicyclic) bond motifs is 1. The van der Waals surface area contributed by atoms with E-state index in [4.69, 9.17) is 4.74 Å². The van der Waals surface area contributed by atoms with Crippen LogP contribution in [0, 0.1) is 12.8 Å². The van der Waals surface area contributed by atoms with E-state index in [1.165, 1.54) is 11.3 Å². The van der Waals surface area contributed by atoms with Crippen molar-refractivity contribution in [1.29, 1.82) is 0 Å². The lowest BCUT2D eigenvalue weighted by molar-refractivity contribution is -0.120. The molecule has 0 radical (unpaired) electrons. The van der Waals surface area contributed by atoms with Crippen LogP contribution >= 0.6 is 11.3 Å². The number of carbonyl (C=O) groups excluding carboxylic acids is 1. The molecule has 0 spiro atoms. The second-order valence-electron chi connectivity index (χ2n) is 4.81. The minimum Gasteiger partial charge on any atom is -0.495 e. The van der Waals surface area contributed by atoms with Crippen LogP contribution in [0.2, 0.25) is 0 Å². The highest BCUT2D eigenvalue weighted by atomic mass is 32.1. The Bertz CT molecular complexity index is 695. The van der Waals surface area contributed by atoms with Gasteiger partial charge in [0.25, 0.3) is 5.91 Å². The van der Waals surface area contributed by atoms with Crippen LogP contribution in [0.1, 0.15) is 19.4 Å². The van der Waals surface area contributed by atoms with Gasteiger partial charge in [0.05, 0.1) is 11.8 Å². The summed E-state index contributed by atoms with van der Waals surface area (Å²) in [5.41, 5.74) is 2.15. The Morgan fingerprint density at radius 2 is 2.11 bits per heavy atom. The molecule has 0 fully saturated rings. The van der Waals surface area contributed by atoms with E-state index in [2.05, 4.69) is 4.99 Å². The van der Waals surface area contributed by atoms with Crippen molar-refractivity contribution >= 4 is 27.5 Å². The quantitative estimate of drug-likeness (QED) is 0.847. The summed E-state index contributed by atoms with van der Waals surface area (Å²) in [6.07, 6.45) is 0. The van der Waals surface area contributed by atoms with Crippen molar-refractivity contribution in [3.63, 3.8) is 0 Å². The van der Waals surface area contributed by atoms with Crippen molar-refractivity contribution in [2.24, 2.45) is 18.0 Å². The molecule has 1 amide bonds. The largest absolute Gasteiger partial charge is 0.495 e. The van der Waals surface area contributed by atoms with E-state index in [-0.39, 0.29) is 11.8 Å². The van der Waals surface area contributed by atoms with Gasteiger partial charge in [-0.3, -0.25) is 4.79 Å². The number of methoxy groups -OCH3 is 1. The molecule has 2 aromatic rings. The van der Waals surface area contributed by atoms with E-state index < -0.39 is 0 Å². The average Bonchev–Trinajstić information content (AvgIpc) is 2.69. The normalized spacial score (nSPS) is 12.4. The van der Waals surface area contributed by atoms with E-state index in [0.717, 1.165) is 21.5 Å². The van der Waals surface area contributed by atoms with Gasteiger partial charge in [0.15, 0.2) is 4.80 Å². The van der Waals surface area contributed by atoms with Gasteiger partial charge >= 0.3 is 0 Å². The summed E-state index contributed by atoms with van der Waals surface area (Å²) in [4.78, 5) is 16.7. The van der Waals surface area contributed by atoms with E-state index in [1.807, 2.05) is 44.5 Å². The van der Waals surface area contributed by atoms with Crippen molar-refractivity contribution in [3.8, 4) is 5.75 Å². The number of nitrogens with zero attached hydrogens (tertiary/aromatic N) is 2. The van der Waals surface area contributed by atoms with Crippen LogP contribution in [0.5, 0.6) is 5.75 Å². The first-order valence-electron chi connectivity index (χ1n) is 6.17. The van der Waals surface area contributed by atoms with Gasteiger partial charge in [-0.1, -0.05) is 31.3 Å². The fourth-order valence-corrected chi connectivity index (χ4v) is 2.95. The molecule has 0 aliphatic heterocycles. The van der Waals surface area contributed by atoms with Crippen molar-refractivity contribution in [2.45, 2.75) is 20.8 Å². The lowest BCUT2D eigenvalue weighted by Crippen LogP contribution is -2.15. The molecule has 4 nitrogen and oxygen atoms in total. The third-order valence-corrected chi connectivity index (χ3v) is 4.29. The maximum atomic E-state index is 11.8. The lowest BCUT2D eigenvalue weighted by atomic mass is 10.2. The molecule has 102 valence electrons. The molecule has 2 rings (SSSR count). The topological polar surface area (TPSA) is 43.6 Å².